The van der Waals surface area contributed by atoms with Gasteiger partial charge in [0.15, 0.2) is 0 Å². The Labute approximate surface area is 103 Å². The Hall–Kier alpha value is -2.67. The molecule has 4 heteroatoms. The number of rotatable bonds is 3. The molecule has 0 heterocycles. The number of carbonyl (C=O) groups excluding carboxylic acids is 1. The molecule has 3 nitrogen and oxygen atoms in total. The highest BCUT2D eigenvalue weighted by Crippen LogP contribution is 2.25. The molecule has 0 bridgehead atoms. The molecule has 2 aromatic carbocycles. The normalized spacial score (nSPS) is 9.56. The number of carbonyl (C=O) groups is 1. The van der Waals surface area contributed by atoms with Crippen molar-refractivity contribution in [1.82, 2.24) is 0 Å². The molecule has 2 aromatic rings. The Kier molecular flexibility index (Phi) is 3.35. The summed E-state index contributed by atoms with van der Waals surface area (Å²) < 4.78 is 18.4. The van der Waals surface area contributed by atoms with Crippen molar-refractivity contribution < 1.29 is 13.9 Å². The number of benzene rings is 2. The van der Waals surface area contributed by atoms with E-state index in [-0.39, 0.29) is 11.3 Å². The fourth-order valence-electron chi connectivity index (χ4n) is 1.45. The van der Waals surface area contributed by atoms with Crippen LogP contribution in [0.3, 0.4) is 0 Å². The maximum Gasteiger partial charge on any atom is 0.150 e. The van der Waals surface area contributed by atoms with E-state index in [2.05, 4.69) is 0 Å². The molecule has 0 aliphatic rings. The summed E-state index contributed by atoms with van der Waals surface area (Å²) in [4.78, 5) is 10.6. The Morgan fingerprint density at radius 2 is 2.06 bits per heavy atom. The summed E-state index contributed by atoms with van der Waals surface area (Å²) >= 11 is 0. The van der Waals surface area contributed by atoms with Gasteiger partial charge in [-0.15, -0.1) is 0 Å². The van der Waals surface area contributed by atoms with Gasteiger partial charge in [0.05, 0.1) is 5.56 Å². The van der Waals surface area contributed by atoms with Crippen molar-refractivity contribution in [3.8, 4) is 17.6 Å². The van der Waals surface area contributed by atoms with Crippen LogP contribution in [0, 0.1) is 17.1 Å². The van der Waals surface area contributed by atoms with Crippen LogP contribution in [0.15, 0.2) is 42.5 Å². The predicted octanol–water partition coefficient (Wildman–Crippen LogP) is 3.30. The summed E-state index contributed by atoms with van der Waals surface area (Å²) in [6, 6.07) is 12.0. The van der Waals surface area contributed by atoms with Gasteiger partial charge < -0.3 is 4.74 Å². The summed E-state index contributed by atoms with van der Waals surface area (Å²) in [5.41, 5.74) is 0.613. The lowest BCUT2D eigenvalue weighted by molar-refractivity contribution is 0.112. The van der Waals surface area contributed by atoms with Crippen LogP contribution >= 0.6 is 0 Å². The molecule has 0 aliphatic heterocycles. The van der Waals surface area contributed by atoms with Crippen molar-refractivity contribution in [2.45, 2.75) is 0 Å². The molecule has 2 rings (SSSR count). The number of halogens is 1. The lowest BCUT2D eigenvalue weighted by atomic mass is 10.1. The predicted molar refractivity (Wildman–Crippen MR) is 63.0 cm³/mol. The van der Waals surface area contributed by atoms with Crippen LogP contribution < -0.4 is 4.74 Å². The van der Waals surface area contributed by atoms with Gasteiger partial charge in [-0.3, -0.25) is 4.79 Å². The molecule has 0 spiro atoms. The standard InChI is InChI=1S/C14H8FNO2/c15-12-2-1-3-13(7-12)18-14-5-4-10(9-17)6-11(14)8-16/h1-7,9H. The third kappa shape index (κ3) is 2.53. The summed E-state index contributed by atoms with van der Waals surface area (Å²) in [7, 11) is 0. The van der Waals surface area contributed by atoms with Crippen LogP contribution in [0.1, 0.15) is 15.9 Å². The van der Waals surface area contributed by atoms with Gasteiger partial charge in [-0.25, -0.2) is 4.39 Å². The minimum Gasteiger partial charge on any atom is -0.456 e. The third-order valence-corrected chi connectivity index (χ3v) is 2.28. The summed E-state index contributed by atoms with van der Waals surface area (Å²) in [6.07, 6.45) is 0.646. The molecule has 0 aromatic heterocycles. The molecular formula is C14H8FNO2. The van der Waals surface area contributed by atoms with Crippen molar-refractivity contribution in [2.24, 2.45) is 0 Å². The van der Waals surface area contributed by atoms with Crippen molar-refractivity contribution in [2.75, 3.05) is 0 Å². The van der Waals surface area contributed by atoms with Crippen LogP contribution in [0.4, 0.5) is 4.39 Å². The van der Waals surface area contributed by atoms with Gasteiger partial charge in [-0.2, -0.15) is 5.26 Å². The fraction of sp³-hybridized carbons (Fsp3) is 0. The lowest BCUT2D eigenvalue weighted by Gasteiger charge is -2.07. The first-order valence-electron chi connectivity index (χ1n) is 5.15. The molecule has 0 N–H and O–H groups in total. The number of nitrogens with zero attached hydrogens (tertiary/aromatic N) is 1. The summed E-state index contributed by atoms with van der Waals surface area (Å²) in [6.45, 7) is 0. The Morgan fingerprint density at radius 3 is 2.72 bits per heavy atom. The van der Waals surface area contributed by atoms with E-state index < -0.39 is 5.82 Å². The van der Waals surface area contributed by atoms with Crippen molar-refractivity contribution in [3.05, 3.63) is 59.4 Å². The maximum absolute atomic E-state index is 13.0. The molecule has 18 heavy (non-hydrogen) atoms. The van der Waals surface area contributed by atoms with E-state index in [1.807, 2.05) is 6.07 Å². The number of hydrogen-bond acceptors (Lipinski definition) is 3. The van der Waals surface area contributed by atoms with E-state index in [1.54, 1.807) is 6.07 Å². The number of aldehydes is 1. The molecule has 0 radical (unpaired) electrons. The van der Waals surface area contributed by atoms with E-state index >= 15 is 0 Å². The van der Waals surface area contributed by atoms with Gasteiger partial charge in [0.25, 0.3) is 0 Å². The minimum absolute atomic E-state index is 0.226. The van der Waals surface area contributed by atoms with Crippen LogP contribution in [0.25, 0.3) is 0 Å². The molecule has 0 saturated carbocycles. The van der Waals surface area contributed by atoms with Gasteiger partial charge in [-0.1, -0.05) is 6.07 Å². The SMILES string of the molecule is N#Cc1cc(C=O)ccc1Oc1cccc(F)c1. The monoisotopic (exact) mass is 241 g/mol. The average Bonchev–Trinajstić information content (AvgIpc) is 2.39. The van der Waals surface area contributed by atoms with Crippen LogP contribution in [-0.4, -0.2) is 6.29 Å². The summed E-state index contributed by atoms with van der Waals surface area (Å²) in [5, 5.41) is 8.95. The molecule has 0 unspecified atom stereocenters. The first kappa shape index (κ1) is 11.8. The van der Waals surface area contributed by atoms with Crippen molar-refractivity contribution >= 4 is 6.29 Å². The van der Waals surface area contributed by atoms with E-state index in [1.165, 1.54) is 36.4 Å². The molecule has 0 saturated heterocycles. The van der Waals surface area contributed by atoms with E-state index in [4.69, 9.17) is 10.00 Å². The van der Waals surface area contributed by atoms with Crippen LogP contribution in [-0.2, 0) is 0 Å². The highest BCUT2D eigenvalue weighted by atomic mass is 19.1. The van der Waals surface area contributed by atoms with Gasteiger partial charge in [0, 0.05) is 11.6 Å². The largest absolute Gasteiger partial charge is 0.456 e. The quantitative estimate of drug-likeness (QED) is 0.774. The smallest absolute Gasteiger partial charge is 0.150 e. The topological polar surface area (TPSA) is 50.1 Å². The fourth-order valence-corrected chi connectivity index (χ4v) is 1.45. The zero-order chi connectivity index (χ0) is 13.0. The van der Waals surface area contributed by atoms with Gasteiger partial charge in [0.2, 0.25) is 0 Å². The molecule has 0 amide bonds. The number of nitriles is 1. The summed E-state index contributed by atoms with van der Waals surface area (Å²) in [5.74, 6) is 0.162. The minimum atomic E-state index is -0.421. The average molecular weight is 241 g/mol. The van der Waals surface area contributed by atoms with Crippen LogP contribution in [0.2, 0.25) is 0 Å². The van der Waals surface area contributed by atoms with Crippen LogP contribution in [0.5, 0.6) is 11.5 Å². The first-order valence-corrected chi connectivity index (χ1v) is 5.15. The maximum atomic E-state index is 13.0. The number of ether oxygens (including phenoxy) is 1. The second kappa shape index (κ2) is 5.11. The first-order chi connectivity index (χ1) is 8.72. The lowest BCUT2D eigenvalue weighted by Crippen LogP contribution is -1.91. The Morgan fingerprint density at radius 1 is 1.22 bits per heavy atom. The van der Waals surface area contributed by atoms with Crippen molar-refractivity contribution in [1.29, 1.82) is 5.26 Å². The molecule has 0 aliphatic carbocycles. The zero-order valence-corrected chi connectivity index (χ0v) is 9.26. The van der Waals surface area contributed by atoms with Gasteiger partial charge in [0.1, 0.15) is 29.7 Å². The molecule has 88 valence electrons. The molecular weight excluding hydrogens is 233 g/mol. The zero-order valence-electron chi connectivity index (χ0n) is 9.26. The highest BCUT2D eigenvalue weighted by molar-refractivity contribution is 5.76. The van der Waals surface area contributed by atoms with E-state index in [0.29, 0.717) is 17.6 Å². The molecule has 0 atom stereocenters. The van der Waals surface area contributed by atoms with Gasteiger partial charge in [-0.05, 0) is 30.3 Å². The van der Waals surface area contributed by atoms with E-state index in [9.17, 15) is 9.18 Å². The van der Waals surface area contributed by atoms with Gasteiger partial charge >= 0.3 is 0 Å². The highest BCUT2D eigenvalue weighted by Gasteiger charge is 2.06. The van der Waals surface area contributed by atoms with E-state index in [0.717, 1.165) is 0 Å². The Balaban J connectivity index is 2.35. The third-order valence-electron chi connectivity index (χ3n) is 2.28. The second-order valence-electron chi connectivity index (χ2n) is 3.54. The Bertz CT molecular complexity index is 632. The van der Waals surface area contributed by atoms with Crippen molar-refractivity contribution in [3.63, 3.8) is 0 Å². The second-order valence-corrected chi connectivity index (χ2v) is 3.54. The molecule has 0 fully saturated rings. The number of hydrogen-bond donors (Lipinski definition) is 0.